The first-order valence-electron chi connectivity index (χ1n) is 6.75. The average molecular weight is 289 g/mol. The van der Waals surface area contributed by atoms with E-state index < -0.39 is 5.97 Å². The summed E-state index contributed by atoms with van der Waals surface area (Å²) >= 11 is 1.69. The molecule has 4 heteroatoms. The second-order valence-electron chi connectivity index (χ2n) is 5.11. The molecule has 0 aliphatic rings. The number of rotatable bonds is 6. The van der Waals surface area contributed by atoms with Gasteiger partial charge in [-0.05, 0) is 23.3 Å². The topological polar surface area (TPSA) is 50.2 Å². The maximum absolute atomic E-state index is 11.4. The summed E-state index contributed by atoms with van der Waals surface area (Å²) in [4.78, 5) is 15.8. The number of benzene rings is 1. The van der Waals surface area contributed by atoms with Gasteiger partial charge in [0.2, 0.25) is 0 Å². The van der Waals surface area contributed by atoms with Crippen LogP contribution in [0.25, 0.3) is 10.9 Å². The largest absolute Gasteiger partial charge is 0.481 e. The van der Waals surface area contributed by atoms with Gasteiger partial charge in [-0.2, -0.15) is 11.8 Å². The zero-order valence-corrected chi connectivity index (χ0v) is 12.6. The molecule has 2 aromatic rings. The fourth-order valence-electron chi connectivity index (χ4n) is 2.12. The van der Waals surface area contributed by atoms with Gasteiger partial charge >= 0.3 is 5.97 Å². The number of aliphatic carboxylic acids is 1. The van der Waals surface area contributed by atoms with Gasteiger partial charge in [0.25, 0.3) is 0 Å². The lowest BCUT2D eigenvalue weighted by Gasteiger charge is -2.14. The molecular formula is C16H19NO2S. The maximum atomic E-state index is 11.4. The molecule has 0 saturated heterocycles. The third-order valence-corrected chi connectivity index (χ3v) is 4.42. The number of hydrogen-bond donors (Lipinski definition) is 1. The number of hydrogen-bond acceptors (Lipinski definition) is 3. The Morgan fingerprint density at radius 3 is 2.75 bits per heavy atom. The standard InChI is InChI=1S/C16H19NO2S/c1-11(2)20-10-14(16(18)19)9-13-6-3-5-12-7-4-8-17-15(12)13/h3-8,11,14H,9-10H2,1-2H3,(H,18,19)/t14-/m1/s1. The van der Waals surface area contributed by atoms with Crippen molar-refractivity contribution >= 4 is 28.6 Å². The summed E-state index contributed by atoms with van der Waals surface area (Å²) in [6.45, 7) is 4.17. The van der Waals surface area contributed by atoms with Crippen molar-refractivity contribution in [2.24, 2.45) is 5.92 Å². The molecule has 0 bridgehead atoms. The third kappa shape index (κ3) is 3.73. The number of thioether (sulfide) groups is 1. The van der Waals surface area contributed by atoms with Gasteiger partial charge in [-0.25, -0.2) is 0 Å². The van der Waals surface area contributed by atoms with E-state index in [-0.39, 0.29) is 5.92 Å². The Labute approximate surface area is 123 Å². The van der Waals surface area contributed by atoms with E-state index in [1.165, 1.54) is 0 Å². The molecule has 1 aromatic heterocycles. The summed E-state index contributed by atoms with van der Waals surface area (Å²) in [6, 6.07) is 9.85. The van der Waals surface area contributed by atoms with Gasteiger partial charge in [-0.15, -0.1) is 0 Å². The molecule has 20 heavy (non-hydrogen) atoms. The first-order valence-corrected chi connectivity index (χ1v) is 7.80. The number of nitrogens with zero attached hydrogens (tertiary/aromatic N) is 1. The van der Waals surface area contributed by atoms with E-state index in [0.717, 1.165) is 16.5 Å². The lowest BCUT2D eigenvalue weighted by Crippen LogP contribution is -2.20. The molecule has 1 aromatic carbocycles. The van der Waals surface area contributed by atoms with Crippen molar-refractivity contribution in [3.63, 3.8) is 0 Å². The lowest BCUT2D eigenvalue weighted by molar-refractivity contribution is -0.140. The molecule has 0 saturated carbocycles. The molecule has 0 spiro atoms. The number of aromatic nitrogens is 1. The highest BCUT2D eigenvalue weighted by molar-refractivity contribution is 7.99. The van der Waals surface area contributed by atoms with E-state index >= 15 is 0 Å². The molecule has 0 radical (unpaired) electrons. The predicted molar refractivity (Wildman–Crippen MR) is 84.2 cm³/mol. The molecule has 0 aliphatic carbocycles. The summed E-state index contributed by atoms with van der Waals surface area (Å²) in [6.07, 6.45) is 2.29. The minimum Gasteiger partial charge on any atom is -0.481 e. The van der Waals surface area contributed by atoms with Crippen molar-refractivity contribution in [3.05, 3.63) is 42.1 Å². The summed E-state index contributed by atoms with van der Waals surface area (Å²) in [7, 11) is 0. The Kier molecular flexibility index (Phi) is 5.01. The highest BCUT2D eigenvalue weighted by Gasteiger charge is 2.20. The molecule has 1 atom stereocenters. The molecule has 3 nitrogen and oxygen atoms in total. The molecular weight excluding hydrogens is 270 g/mol. The van der Waals surface area contributed by atoms with E-state index in [0.29, 0.717) is 17.4 Å². The fraction of sp³-hybridized carbons (Fsp3) is 0.375. The van der Waals surface area contributed by atoms with Crippen LogP contribution in [0.4, 0.5) is 0 Å². The average Bonchev–Trinajstić information content (AvgIpc) is 2.43. The number of carbonyl (C=O) groups is 1. The van der Waals surface area contributed by atoms with Crippen LogP contribution < -0.4 is 0 Å². The van der Waals surface area contributed by atoms with Crippen LogP contribution in [-0.4, -0.2) is 27.1 Å². The summed E-state index contributed by atoms with van der Waals surface area (Å²) in [5, 5.41) is 10.9. The van der Waals surface area contributed by atoms with E-state index in [9.17, 15) is 9.90 Å². The minimum atomic E-state index is -0.730. The Morgan fingerprint density at radius 2 is 2.05 bits per heavy atom. The molecule has 106 valence electrons. The van der Waals surface area contributed by atoms with Gasteiger partial charge in [-0.3, -0.25) is 9.78 Å². The second-order valence-corrected chi connectivity index (χ2v) is 6.72. The number of carboxylic acid groups (broad SMARTS) is 1. The number of fused-ring (bicyclic) bond motifs is 1. The fourth-order valence-corrected chi connectivity index (χ4v) is 3.00. The Bertz CT molecular complexity index is 593. The molecule has 0 aliphatic heterocycles. The lowest BCUT2D eigenvalue weighted by atomic mass is 9.99. The monoisotopic (exact) mass is 289 g/mol. The van der Waals surface area contributed by atoms with Crippen molar-refractivity contribution in [3.8, 4) is 0 Å². The Hall–Kier alpha value is -1.55. The van der Waals surface area contributed by atoms with Crippen molar-refractivity contribution < 1.29 is 9.90 Å². The molecule has 2 rings (SSSR count). The van der Waals surface area contributed by atoms with Crippen molar-refractivity contribution in [1.82, 2.24) is 4.98 Å². The quantitative estimate of drug-likeness (QED) is 0.882. The first-order chi connectivity index (χ1) is 9.58. The van der Waals surface area contributed by atoms with E-state index in [1.54, 1.807) is 18.0 Å². The molecule has 0 unspecified atom stereocenters. The highest BCUT2D eigenvalue weighted by Crippen LogP contribution is 2.22. The third-order valence-electron chi connectivity index (χ3n) is 3.16. The van der Waals surface area contributed by atoms with Gasteiger partial charge in [0.05, 0.1) is 11.4 Å². The van der Waals surface area contributed by atoms with Gasteiger partial charge in [0.1, 0.15) is 0 Å². The van der Waals surface area contributed by atoms with Crippen LogP contribution in [0, 0.1) is 5.92 Å². The normalized spacial score (nSPS) is 12.8. The number of para-hydroxylation sites is 1. The molecule has 1 heterocycles. The van der Waals surface area contributed by atoms with E-state index in [1.807, 2.05) is 30.3 Å². The first kappa shape index (κ1) is 14.9. The van der Waals surface area contributed by atoms with E-state index in [4.69, 9.17) is 0 Å². The van der Waals surface area contributed by atoms with Crippen LogP contribution in [0.3, 0.4) is 0 Å². The maximum Gasteiger partial charge on any atom is 0.307 e. The molecule has 1 N–H and O–H groups in total. The summed E-state index contributed by atoms with van der Waals surface area (Å²) < 4.78 is 0. The summed E-state index contributed by atoms with van der Waals surface area (Å²) in [5.74, 6) is -0.461. The Balaban J connectivity index is 2.22. The van der Waals surface area contributed by atoms with Gasteiger partial charge < -0.3 is 5.11 Å². The van der Waals surface area contributed by atoms with Crippen molar-refractivity contribution in [2.75, 3.05) is 5.75 Å². The van der Waals surface area contributed by atoms with Crippen LogP contribution in [-0.2, 0) is 11.2 Å². The van der Waals surface area contributed by atoms with Gasteiger partial charge in [0, 0.05) is 17.3 Å². The van der Waals surface area contributed by atoms with Crippen LogP contribution >= 0.6 is 11.8 Å². The van der Waals surface area contributed by atoms with Crippen LogP contribution in [0.2, 0.25) is 0 Å². The van der Waals surface area contributed by atoms with Crippen LogP contribution in [0.15, 0.2) is 36.5 Å². The van der Waals surface area contributed by atoms with Crippen LogP contribution in [0.5, 0.6) is 0 Å². The second kappa shape index (κ2) is 6.75. The summed E-state index contributed by atoms with van der Waals surface area (Å²) in [5.41, 5.74) is 1.93. The number of carboxylic acids is 1. The zero-order chi connectivity index (χ0) is 14.5. The molecule has 0 amide bonds. The highest BCUT2D eigenvalue weighted by atomic mass is 32.2. The van der Waals surface area contributed by atoms with Gasteiger partial charge in [-0.1, -0.05) is 38.1 Å². The minimum absolute atomic E-state index is 0.366. The number of pyridine rings is 1. The Morgan fingerprint density at radius 1 is 1.30 bits per heavy atom. The van der Waals surface area contributed by atoms with E-state index in [2.05, 4.69) is 18.8 Å². The van der Waals surface area contributed by atoms with Gasteiger partial charge in [0.15, 0.2) is 0 Å². The molecule has 0 fully saturated rings. The zero-order valence-electron chi connectivity index (χ0n) is 11.7. The smallest absolute Gasteiger partial charge is 0.307 e. The van der Waals surface area contributed by atoms with Crippen LogP contribution in [0.1, 0.15) is 19.4 Å². The SMILES string of the molecule is CC(C)SC[C@@H](Cc1cccc2cccnc12)C(=O)O. The van der Waals surface area contributed by atoms with Crippen molar-refractivity contribution in [2.45, 2.75) is 25.5 Å². The predicted octanol–water partition coefficient (Wildman–Crippen LogP) is 3.62. The van der Waals surface area contributed by atoms with Crippen molar-refractivity contribution in [1.29, 1.82) is 0 Å².